The van der Waals surface area contributed by atoms with Crippen molar-refractivity contribution in [3.63, 3.8) is 0 Å². The van der Waals surface area contributed by atoms with E-state index in [4.69, 9.17) is 9.73 Å². The van der Waals surface area contributed by atoms with Crippen molar-refractivity contribution in [3.8, 4) is 5.75 Å². The van der Waals surface area contributed by atoms with E-state index in [-0.39, 0.29) is 11.9 Å². The first-order valence-electron chi connectivity index (χ1n) is 10.7. The minimum atomic E-state index is -0.589. The van der Waals surface area contributed by atoms with Crippen LogP contribution >= 0.6 is 0 Å². The summed E-state index contributed by atoms with van der Waals surface area (Å²) in [5.74, 6) is 1.13. The third kappa shape index (κ3) is 2.94. The summed E-state index contributed by atoms with van der Waals surface area (Å²) in [6.07, 6.45) is 2.10. The average Bonchev–Trinajstić information content (AvgIpc) is 3.37. The first-order chi connectivity index (χ1) is 15.5. The number of nitrogens with zero attached hydrogens (tertiary/aromatic N) is 5. The van der Waals surface area contributed by atoms with E-state index in [1.165, 1.54) is 4.90 Å². The van der Waals surface area contributed by atoms with E-state index in [1.807, 2.05) is 77.5 Å². The van der Waals surface area contributed by atoms with Crippen molar-refractivity contribution in [2.45, 2.75) is 25.6 Å². The van der Waals surface area contributed by atoms with Gasteiger partial charge >= 0.3 is 6.03 Å². The summed E-state index contributed by atoms with van der Waals surface area (Å²) in [7, 11) is 3.34. The van der Waals surface area contributed by atoms with Crippen LogP contribution in [0.25, 0.3) is 5.70 Å². The second-order valence-corrected chi connectivity index (χ2v) is 8.00. The lowest BCUT2D eigenvalue weighted by atomic mass is 10.1. The van der Waals surface area contributed by atoms with Crippen molar-refractivity contribution < 1.29 is 14.3 Å². The molecule has 5 rings (SSSR count). The summed E-state index contributed by atoms with van der Waals surface area (Å²) in [5.41, 5.74) is 2.78. The van der Waals surface area contributed by atoms with Crippen LogP contribution in [0.15, 0.2) is 65.8 Å². The Hall–Kier alpha value is -3.81. The topological polar surface area (TPSA) is 68.7 Å². The SMILES string of the molecule is CCCN1C(=O)C2C(N=C3N(c4cccc(OC)c4)C(c4ccccc4)=CN32)N(C)C1=O. The molecule has 0 spiro atoms. The lowest BCUT2D eigenvalue weighted by Crippen LogP contribution is -2.64. The monoisotopic (exact) mass is 431 g/mol. The predicted octanol–water partition coefficient (Wildman–Crippen LogP) is 3.18. The molecule has 1 saturated heterocycles. The Morgan fingerprint density at radius 2 is 1.84 bits per heavy atom. The summed E-state index contributed by atoms with van der Waals surface area (Å²) in [6.45, 7) is 2.35. The summed E-state index contributed by atoms with van der Waals surface area (Å²) in [6, 6.07) is 16.8. The highest BCUT2D eigenvalue weighted by Gasteiger charge is 2.54. The molecular formula is C24H25N5O3. The zero-order valence-corrected chi connectivity index (χ0v) is 18.3. The third-order valence-corrected chi connectivity index (χ3v) is 6.04. The van der Waals surface area contributed by atoms with Gasteiger partial charge < -0.3 is 9.64 Å². The van der Waals surface area contributed by atoms with Crippen LogP contribution < -0.4 is 9.64 Å². The van der Waals surface area contributed by atoms with Crippen LogP contribution in [-0.2, 0) is 4.79 Å². The Balaban J connectivity index is 1.62. The molecule has 3 amide bonds. The number of rotatable bonds is 5. The average molecular weight is 431 g/mol. The number of methoxy groups -OCH3 is 1. The summed E-state index contributed by atoms with van der Waals surface area (Å²) in [4.78, 5) is 37.9. The number of imide groups is 1. The maximum atomic E-state index is 13.4. The number of anilines is 1. The molecule has 2 atom stereocenters. The van der Waals surface area contributed by atoms with Crippen molar-refractivity contribution in [1.29, 1.82) is 0 Å². The number of hydrogen-bond acceptors (Lipinski definition) is 6. The van der Waals surface area contributed by atoms with E-state index in [0.717, 1.165) is 22.7 Å². The van der Waals surface area contributed by atoms with E-state index in [0.29, 0.717) is 18.9 Å². The molecule has 8 nitrogen and oxygen atoms in total. The van der Waals surface area contributed by atoms with Crippen LogP contribution in [0.4, 0.5) is 10.5 Å². The zero-order valence-electron chi connectivity index (χ0n) is 18.3. The van der Waals surface area contributed by atoms with Crippen LogP contribution in [0, 0.1) is 0 Å². The predicted molar refractivity (Wildman–Crippen MR) is 122 cm³/mol. The molecule has 2 aromatic carbocycles. The second kappa shape index (κ2) is 7.71. The number of likely N-dealkylation sites (N-methyl/N-ethyl adjacent to an activating group) is 1. The summed E-state index contributed by atoms with van der Waals surface area (Å²) < 4.78 is 5.44. The van der Waals surface area contributed by atoms with Gasteiger partial charge in [-0.1, -0.05) is 43.3 Å². The van der Waals surface area contributed by atoms with Crippen LogP contribution in [0.5, 0.6) is 5.75 Å². The summed E-state index contributed by atoms with van der Waals surface area (Å²) in [5, 5.41) is 0. The highest BCUT2D eigenvalue weighted by molar-refractivity contribution is 6.16. The Morgan fingerprint density at radius 1 is 1.06 bits per heavy atom. The minimum absolute atomic E-state index is 0.213. The van der Waals surface area contributed by atoms with Crippen molar-refractivity contribution in [1.82, 2.24) is 14.7 Å². The zero-order chi connectivity index (χ0) is 22.4. The number of fused-ring (bicyclic) bond motifs is 3. The molecule has 3 aliphatic heterocycles. The number of hydrogen-bond donors (Lipinski definition) is 0. The number of carbonyl (C=O) groups is 2. The molecule has 164 valence electrons. The normalized spacial score (nSPS) is 22.1. The van der Waals surface area contributed by atoms with Crippen LogP contribution in [-0.4, -0.2) is 65.5 Å². The largest absolute Gasteiger partial charge is 0.497 e. The number of guanidine groups is 1. The maximum Gasteiger partial charge on any atom is 0.328 e. The van der Waals surface area contributed by atoms with Gasteiger partial charge in [0.2, 0.25) is 5.96 Å². The number of aliphatic imine (C=N–C) groups is 1. The van der Waals surface area contributed by atoms with Gasteiger partial charge in [0.1, 0.15) is 5.75 Å². The van der Waals surface area contributed by atoms with Gasteiger partial charge in [-0.2, -0.15) is 0 Å². The maximum absolute atomic E-state index is 13.4. The van der Waals surface area contributed by atoms with Gasteiger partial charge in [0.15, 0.2) is 12.2 Å². The molecule has 3 aliphatic rings. The Bertz CT molecular complexity index is 1130. The second-order valence-electron chi connectivity index (χ2n) is 8.00. The van der Waals surface area contributed by atoms with Gasteiger partial charge in [-0.3, -0.25) is 19.5 Å². The van der Waals surface area contributed by atoms with Gasteiger partial charge in [0.25, 0.3) is 5.91 Å². The van der Waals surface area contributed by atoms with Crippen molar-refractivity contribution in [2.75, 3.05) is 25.6 Å². The van der Waals surface area contributed by atoms with Crippen molar-refractivity contribution in [2.24, 2.45) is 4.99 Å². The first kappa shape index (κ1) is 20.1. The molecule has 2 aromatic rings. The highest BCUT2D eigenvalue weighted by atomic mass is 16.5. The summed E-state index contributed by atoms with van der Waals surface area (Å²) >= 11 is 0. The standard InChI is InChI=1S/C24H25N5O3/c1-4-13-27-22(30)20-21(26(2)24(27)31)25-23-28(20)15-19(16-9-6-5-7-10-16)29(23)17-11-8-12-18(14-17)32-3/h5-12,14-15,20-21H,4,13H2,1-3H3. The van der Waals surface area contributed by atoms with Crippen LogP contribution in [0.3, 0.4) is 0 Å². The van der Waals surface area contributed by atoms with Gasteiger partial charge in [-0.15, -0.1) is 0 Å². The molecule has 0 aromatic heterocycles. The number of benzene rings is 2. The van der Waals surface area contributed by atoms with E-state index >= 15 is 0 Å². The molecule has 8 heteroatoms. The van der Waals surface area contributed by atoms with E-state index < -0.39 is 12.2 Å². The fourth-order valence-electron chi connectivity index (χ4n) is 4.48. The molecule has 0 aliphatic carbocycles. The Kier molecular flexibility index (Phi) is 4.84. The molecular weight excluding hydrogens is 406 g/mol. The quantitative estimate of drug-likeness (QED) is 0.727. The lowest BCUT2D eigenvalue weighted by molar-refractivity contribution is -0.136. The number of urea groups is 1. The van der Waals surface area contributed by atoms with E-state index in [9.17, 15) is 9.59 Å². The van der Waals surface area contributed by atoms with E-state index in [2.05, 4.69) is 0 Å². The Morgan fingerprint density at radius 3 is 2.56 bits per heavy atom. The van der Waals surface area contributed by atoms with Gasteiger partial charge in [-0.05, 0) is 18.6 Å². The van der Waals surface area contributed by atoms with Gasteiger partial charge in [0, 0.05) is 31.4 Å². The smallest absolute Gasteiger partial charge is 0.328 e. The van der Waals surface area contributed by atoms with Gasteiger partial charge in [0.05, 0.1) is 18.5 Å². The molecule has 0 saturated carbocycles. The molecule has 2 unspecified atom stereocenters. The minimum Gasteiger partial charge on any atom is -0.497 e. The first-order valence-corrected chi connectivity index (χ1v) is 10.7. The Labute approximate surface area is 187 Å². The highest BCUT2D eigenvalue weighted by Crippen LogP contribution is 2.40. The third-order valence-electron chi connectivity index (χ3n) is 6.04. The number of ether oxygens (including phenoxy) is 1. The fourth-order valence-corrected chi connectivity index (χ4v) is 4.48. The molecule has 0 N–H and O–H groups in total. The van der Waals surface area contributed by atoms with Gasteiger partial charge in [-0.25, -0.2) is 9.79 Å². The van der Waals surface area contributed by atoms with Crippen LogP contribution in [0.1, 0.15) is 18.9 Å². The molecule has 0 radical (unpaired) electrons. The van der Waals surface area contributed by atoms with E-state index in [1.54, 1.807) is 19.1 Å². The molecule has 1 fully saturated rings. The van der Waals surface area contributed by atoms with Crippen molar-refractivity contribution >= 4 is 29.3 Å². The number of carbonyl (C=O) groups excluding carboxylic acids is 2. The fraction of sp³-hybridized carbons (Fsp3) is 0.292. The molecule has 3 heterocycles. The molecule has 32 heavy (non-hydrogen) atoms. The lowest BCUT2D eigenvalue weighted by Gasteiger charge is -2.40. The molecule has 0 bridgehead atoms. The number of amides is 3. The van der Waals surface area contributed by atoms with Crippen LogP contribution in [0.2, 0.25) is 0 Å². The van der Waals surface area contributed by atoms with Crippen molar-refractivity contribution in [3.05, 3.63) is 66.4 Å².